The number of non-ortho nitro benzene ring substituents is 1. The molecule has 0 saturated carbocycles. The first-order chi connectivity index (χ1) is 14.2. The van der Waals surface area contributed by atoms with Crippen LogP contribution in [0.3, 0.4) is 0 Å². The highest BCUT2D eigenvalue weighted by Gasteiger charge is 2.24. The van der Waals surface area contributed by atoms with E-state index >= 15 is 0 Å². The van der Waals surface area contributed by atoms with Crippen molar-refractivity contribution in [2.24, 2.45) is 5.10 Å². The number of nitro groups is 1. The fourth-order valence-electron chi connectivity index (χ4n) is 2.40. The fraction of sp³-hybridized carbons (Fsp3) is 0.222. The highest BCUT2D eigenvalue weighted by atomic mass is 32.2. The zero-order valence-electron chi connectivity index (χ0n) is 16.4. The van der Waals surface area contributed by atoms with Crippen molar-refractivity contribution in [3.8, 4) is 11.5 Å². The van der Waals surface area contributed by atoms with E-state index in [1.807, 2.05) is 0 Å². The Labute approximate surface area is 173 Å². The first kappa shape index (κ1) is 22.6. The molecule has 0 radical (unpaired) electrons. The van der Waals surface area contributed by atoms with Gasteiger partial charge in [0.1, 0.15) is 18.0 Å². The Kier molecular flexibility index (Phi) is 7.31. The number of nitrogens with zero attached hydrogens (tertiary/aromatic N) is 3. The Bertz CT molecular complexity index is 1050. The van der Waals surface area contributed by atoms with Crippen LogP contribution in [-0.2, 0) is 14.8 Å². The maximum atomic E-state index is 12.3. The first-order valence-electron chi connectivity index (χ1n) is 8.42. The molecule has 2 rings (SSSR count). The number of amides is 1. The molecule has 0 heterocycles. The Hall–Kier alpha value is -3.67. The number of hydrazone groups is 1. The summed E-state index contributed by atoms with van der Waals surface area (Å²) in [5, 5.41) is 14.4. The quantitative estimate of drug-likeness (QED) is 0.357. The highest BCUT2D eigenvalue weighted by molar-refractivity contribution is 7.92. The van der Waals surface area contributed by atoms with Crippen molar-refractivity contribution in [2.75, 3.05) is 31.3 Å². The summed E-state index contributed by atoms with van der Waals surface area (Å²) < 4.78 is 35.7. The average molecular weight is 436 g/mol. The molecule has 0 aliphatic rings. The molecule has 160 valence electrons. The standard InChI is InChI=1S/C18H20N4O7S/c1-28-15-8-9-17(29-2)16(10-15)21(30(3,26)27)12-18(23)20-19-11-13-4-6-14(7-5-13)22(24)25/h4-11H,12H2,1-3H3,(H,20,23)/b19-11-. The number of hydrogen-bond acceptors (Lipinski definition) is 8. The first-order valence-corrected chi connectivity index (χ1v) is 10.3. The number of carbonyl (C=O) groups is 1. The van der Waals surface area contributed by atoms with Crippen LogP contribution in [0.1, 0.15) is 5.56 Å². The monoisotopic (exact) mass is 436 g/mol. The second-order valence-corrected chi connectivity index (χ2v) is 7.86. The van der Waals surface area contributed by atoms with Crippen LogP contribution in [0.15, 0.2) is 47.6 Å². The summed E-state index contributed by atoms with van der Waals surface area (Å²) in [5.74, 6) is -0.0806. The zero-order valence-corrected chi connectivity index (χ0v) is 17.3. The van der Waals surface area contributed by atoms with Crippen LogP contribution in [0.25, 0.3) is 0 Å². The third-order valence-corrected chi connectivity index (χ3v) is 4.98. The van der Waals surface area contributed by atoms with Gasteiger partial charge < -0.3 is 9.47 Å². The number of ether oxygens (including phenoxy) is 2. The Balaban J connectivity index is 2.16. The van der Waals surface area contributed by atoms with E-state index in [0.717, 1.165) is 10.6 Å². The van der Waals surface area contributed by atoms with Crippen LogP contribution in [-0.4, -0.2) is 52.5 Å². The van der Waals surface area contributed by atoms with Crippen molar-refractivity contribution in [1.82, 2.24) is 5.43 Å². The summed E-state index contributed by atoms with van der Waals surface area (Å²) in [6.45, 7) is -0.556. The minimum atomic E-state index is -3.84. The normalized spacial score (nSPS) is 11.2. The molecule has 30 heavy (non-hydrogen) atoms. The number of benzene rings is 2. The number of nitrogens with one attached hydrogen (secondary N) is 1. The fourth-order valence-corrected chi connectivity index (χ4v) is 3.25. The number of anilines is 1. The molecule has 2 aromatic rings. The predicted octanol–water partition coefficient (Wildman–Crippen LogP) is 1.53. The van der Waals surface area contributed by atoms with Crippen LogP contribution < -0.4 is 19.2 Å². The van der Waals surface area contributed by atoms with Gasteiger partial charge in [-0.2, -0.15) is 5.10 Å². The van der Waals surface area contributed by atoms with Crippen molar-refractivity contribution in [1.29, 1.82) is 0 Å². The van der Waals surface area contributed by atoms with Gasteiger partial charge in [-0.1, -0.05) is 0 Å². The minimum Gasteiger partial charge on any atom is -0.497 e. The largest absolute Gasteiger partial charge is 0.497 e. The maximum absolute atomic E-state index is 12.3. The van der Waals surface area contributed by atoms with Crippen LogP contribution in [0.4, 0.5) is 11.4 Å². The maximum Gasteiger partial charge on any atom is 0.269 e. The van der Waals surface area contributed by atoms with Gasteiger partial charge in [0, 0.05) is 18.2 Å². The molecule has 11 nitrogen and oxygen atoms in total. The smallest absolute Gasteiger partial charge is 0.269 e. The zero-order chi connectivity index (χ0) is 22.3. The van der Waals surface area contributed by atoms with E-state index in [4.69, 9.17) is 9.47 Å². The summed E-state index contributed by atoms with van der Waals surface area (Å²) in [7, 11) is -1.04. The van der Waals surface area contributed by atoms with Crippen LogP contribution in [0, 0.1) is 10.1 Å². The average Bonchev–Trinajstić information content (AvgIpc) is 2.71. The van der Waals surface area contributed by atoms with Crippen LogP contribution in [0.5, 0.6) is 11.5 Å². The number of methoxy groups -OCH3 is 2. The van der Waals surface area contributed by atoms with Gasteiger partial charge in [0.2, 0.25) is 10.0 Å². The molecule has 0 aliphatic carbocycles. The van der Waals surface area contributed by atoms with E-state index in [1.165, 1.54) is 56.8 Å². The SMILES string of the molecule is COc1ccc(OC)c(N(CC(=O)N/N=C\c2ccc([N+](=O)[O-])cc2)S(C)(=O)=O)c1. The minimum absolute atomic E-state index is 0.0767. The lowest BCUT2D eigenvalue weighted by molar-refractivity contribution is -0.384. The van der Waals surface area contributed by atoms with Crippen molar-refractivity contribution in [3.63, 3.8) is 0 Å². The lowest BCUT2D eigenvalue weighted by Gasteiger charge is -2.23. The van der Waals surface area contributed by atoms with Gasteiger partial charge in [0.15, 0.2) is 0 Å². The Morgan fingerprint density at radius 2 is 1.87 bits per heavy atom. The van der Waals surface area contributed by atoms with Crippen molar-refractivity contribution in [3.05, 3.63) is 58.1 Å². The van der Waals surface area contributed by atoms with Crippen LogP contribution >= 0.6 is 0 Å². The molecule has 0 unspecified atom stereocenters. The van der Waals surface area contributed by atoms with Crippen molar-refractivity contribution in [2.45, 2.75) is 0 Å². The van der Waals surface area contributed by atoms with Crippen LogP contribution in [0.2, 0.25) is 0 Å². The molecule has 0 saturated heterocycles. The van der Waals surface area contributed by atoms with E-state index < -0.39 is 27.4 Å². The van der Waals surface area contributed by atoms with E-state index in [1.54, 1.807) is 6.07 Å². The lowest BCUT2D eigenvalue weighted by atomic mass is 10.2. The number of sulfonamides is 1. The number of hydrogen-bond donors (Lipinski definition) is 1. The second kappa shape index (κ2) is 9.69. The molecule has 0 fully saturated rings. The van der Waals surface area contributed by atoms with E-state index in [2.05, 4.69) is 10.5 Å². The Morgan fingerprint density at radius 3 is 2.40 bits per heavy atom. The highest BCUT2D eigenvalue weighted by Crippen LogP contribution is 2.33. The molecule has 0 spiro atoms. The molecule has 2 aromatic carbocycles. The van der Waals surface area contributed by atoms with Gasteiger partial charge in [-0.25, -0.2) is 13.8 Å². The predicted molar refractivity (Wildman–Crippen MR) is 111 cm³/mol. The third kappa shape index (κ3) is 5.91. The molecule has 0 aliphatic heterocycles. The van der Waals surface area contributed by atoms with Gasteiger partial charge in [-0.3, -0.25) is 19.2 Å². The van der Waals surface area contributed by atoms with Gasteiger partial charge >= 0.3 is 0 Å². The summed E-state index contributed by atoms with van der Waals surface area (Å²) in [5.41, 5.74) is 2.79. The molecule has 0 atom stereocenters. The van der Waals surface area contributed by atoms with Gasteiger partial charge in [0.05, 0.1) is 37.3 Å². The van der Waals surface area contributed by atoms with E-state index in [0.29, 0.717) is 11.3 Å². The molecule has 0 bridgehead atoms. The molecular weight excluding hydrogens is 416 g/mol. The number of nitro benzene ring substituents is 1. The molecular formula is C18H20N4O7S. The summed E-state index contributed by atoms with van der Waals surface area (Å²) in [4.78, 5) is 22.4. The Morgan fingerprint density at radius 1 is 1.20 bits per heavy atom. The van der Waals surface area contributed by atoms with E-state index in [-0.39, 0.29) is 17.1 Å². The third-order valence-electron chi connectivity index (χ3n) is 3.85. The van der Waals surface area contributed by atoms with Gasteiger partial charge in [-0.05, 0) is 29.8 Å². The second-order valence-electron chi connectivity index (χ2n) is 5.95. The van der Waals surface area contributed by atoms with Crippen molar-refractivity contribution >= 4 is 33.5 Å². The summed E-state index contributed by atoms with van der Waals surface area (Å²) in [6, 6.07) is 10.1. The van der Waals surface area contributed by atoms with Crippen molar-refractivity contribution < 1.29 is 27.6 Å². The molecule has 1 amide bonds. The van der Waals surface area contributed by atoms with E-state index in [9.17, 15) is 23.3 Å². The topological polar surface area (TPSA) is 140 Å². The van der Waals surface area contributed by atoms with Gasteiger partial charge in [-0.15, -0.1) is 0 Å². The number of rotatable bonds is 9. The summed E-state index contributed by atoms with van der Waals surface area (Å²) >= 11 is 0. The number of carbonyl (C=O) groups excluding carboxylic acids is 1. The lowest BCUT2D eigenvalue weighted by Crippen LogP contribution is -2.39. The molecule has 1 N–H and O–H groups in total. The molecule has 12 heteroatoms. The van der Waals surface area contributed by atoms with Gasteiger partial charge in [0.25, 0.3) is 11.6 Å². The molecule has 0 aromatic heterocycles. The summed E-state index contributed by atoms with van der Waals surface area (Å²) in [6.07, 6.45) is 2.23.